The molecule has 0 aromatic heterocycles. The van der Waals surface area contributed by atoms with Gasteiger partial charge in [0.15, 0.2) is 0 Å². The second-order valence-corrected chi connectivity index (χ2v) is 6.12. The van der Waals surface area contributed by atoms with Crippen LogP contribution in [-0.2, 0) is 13.2 Å². The normalized spacial score (nSPS) is 10.9. The zero-order valence-corrected chi connectivity index (χ0v) is 13.8. The number of hydrogen-bond acceptors (Lipinski definition) is 2. The highest BCUT2D eigenvalue weighted by atomic mass is 79.9. The van der Waals surface area contributed by atoms with E-state index in [9.17, 15) is 4.39 Å². The fraction of sp³-hybridized carbons (Fsp3) is 0.294. The molecule has 2 aromatic carbocycles. The van der Waals surface area contributed by atoms with Gasteiger partial charge < -0.3 is 10.1 Å². The maximum Gasteiger partial charge on any atom is 0.129 e. The van der Waals surface area contributed by atoms with Gasteiger partial charge in [0, 0.05) is 22.6 Å². The minimum absolute atomic E-state index is 0.225. The summed E-state index contributed by atoms with van der Waals surface area (Å²) in [7, 11) is 0. The summed E-state index contributed by atoms with van der Waals surface area (Å²) in [6.45, 7) is 5.12. The van der Waals surface area contributed by atoms with E-state index in [4.69, 9.17) is 4.74 Å². The van der Waals surface area contributed by atoms with Gasteiger partial charge in [-0.3, -0.25) is 0 Å². The van der Waals surface area contributed by atoms with Gasteiger partial charge in [0.1, 0.15) is 18.2 Å². The van der Waals surface area contributed by atoms with E-state index in [-0.39, 0.29) is 12.4 Å². The monoisotopic (exact) mass is 351 g/mol. The van der Waals surface area contributed by atoms with Crippen LogP contribution >= 0.6 is 15.9 Å². The first kappa shape index (κ1) is 16.0. The molecule has 4 heteroatoms. The fourth-order valence-corrected chi connectivity index (χ4v) is 2.13. The molecule has 0 heterocycles. The Kier molecular flexibility index (Phi) is 5.76. The van der Waals surface area contributed by atoms with E-state index in [1.807, 2.05) is 30.3 Å². The molecule has 112 valence electrons. The summed E-state index contributed by atoms with van der Waals surface area (Å²) in [5.41, 5.74) is 1.63. The van der Waals surface area contributed by atoms with Crippen molar-refractivity contribution in [1.29, 1.82) is 0 Å². The number of nitrogens with one attached hydrogen (secondary N) is 1. The van der Waals surface area contributed by atoms with Crippen LogP contribution in [0.4, 0.5) is 4.39 Å². The molecule has 2 rings (SSSR count). The Morgan fingerprint density at radius 1 is 1.14 bits per heavy atom. The van der Waals surface area contributed by atoms with Crippen LogP contribution in [0.15, 0.2) is 46.9 Å². The van der Waals surface area contributed by atoms with E-state index in [1.54, 1.807) is 6.07 Å². The number of rotatable bonds is 6. The van der Waals surface area contributed by atoms with Crippen molar-refractivity contribution in [2.24, 2.45) is 0 Å². The van der Waals surface area contributed by atoms with Crippen molar-refractivity contribution in [3.63, 3.8) is 0 Å². The molecule has 21 heavy (non-hydrogen) atoms. The summed E-state index contributed by atoms with van der Waals surface area (Å²) >= 11 is 3.37. The average molecular weight is 352 g/mol. The summed E-state index contributed by atoms with van der Waals surface area (Å²) in [5, 5.41) is 3.32. The van der Waals surface area contributed by atoms with Gasteiger partial charge in [0.05, 0.1) is 0 Å². The maximum absolute atomic E-state index is 13.8. The minimum atomic E-state index is -0.236. The van der Waals surface area contributed by atoms with Crippen molar-refractivity contribution in [2.75, 3.05) is 0 Å². The first-order valence-electron chi connectivity index (χ1n) is 6.93. The van der Waals surface area contributed by atoms with Crippen molar-refractivity contribution in [3.8, 4) is 5.75 Å². The fourth-order valence-electron chi connectivity index (χ4n) is 1.86. The molecule has 2 nitrogen and oxygen atoms in total. The van der Waals surface area contributed by atoms with Crippen molar-refractivity contribution in [1.82, 2.24) is 5.32 Å². The van der Waals surface area contributed by atoms with Crippen LogP contribution < -0.4 is 10.1 Å². The van der Waals surface area contributed by atoms with Crippen molar-refractivity contribution >= 4 is 15.9 Å². The van der Waals surface area contributed by atoms with E-state index in [2.05, 4.69) is 35.1 Å². The predicted octanol–water partition coefficient (Wildman–Crippen LogP) is 4.67. The van der Waals surface area contributed by atoms with Gasteiger partial charge in [-0.05, 0) is 42.0 Å². The molecule has 0 bridgehead atoms. The summed E-state index contributed by atoms with van der Waals surface area (Å²) in [5.74, 6) is 0.490. The van der Waals surface area contributed by atoms with Crippen LogP contribution in [-0.4, -0.2) is 6.04 Å². The summed E-state index contributed by atoms with van der Waals surface area (Å²) < 4.78 is 20.4. The molecular weight excluding hydrogens is 333 g/mol. The van der Waals surface area contributed by atoms with Gasteiger partial charge in [-0.2, -0.15) is 0 Å². The van der Waals surface area contributed by atoms with Gasteiger partial charge in [-0.15, -0.1) is 0 Å². The van der Waals surface area contributed by atoms with Crippen molar-refractivity contribution in [2.45, 2.75) is 33.0 Å². The lowest BCUT2D eigenvalue weighted by molar-refractivity contribution is 0.299. The zero-order valence-electron chi connectivity index (χ0n) is 12.2. The molecule has 0 saturated heterocycles. The lowest BCUT2D eigenvalue weighted by atomic mass is 10.1. The van der Waals surface area contributed by atoms with E-state index in [0.717, 1.165) is 22.3 Å². The molecule has 0 aliphatic heterocycles. The Labute approximate surface area is 133 Å². The van der Waals surface area contributed by atoms with E-state index < -0.39 is 0 Å². The highest BCUT2D eigenvalue weighted by Gasteiger charge is 2.05. The maximum atomic E-state index is 13.8. The molecule has 0 unspecified atom stereocenters. The highest BCUT2D eigenvalue weighted by molar-refractivity contribution is 9.10. The third kappa shape index (κ3) is 5.14. The van der Waals surface area contributed by atoms with Crippen LogP contribution in [0.3, 0.4) is 0 Å². The standard InChI is InChI=1S/C17H19BrFNO/c1-12(2)20-10-13-3-8-17(19)14(9-13)11-21-16-6-4-15(18)5-7-16/h3-9,12,20H,10-11H2,1-2H3. The molecule has 0 radical (unpaired) electrons. The van der Waals surface area contributed by atoms with Gasteiger partial charge in [-0.1, -0.05) is 35.8 Å². The molecule has 0 fully saturated rings. The zero-order chi connectivity index (χ0) is 15.2. The predicted molar refractivity (Wildman–Crippen MR) is 86.8 cm³/mol. The largest absolute Gasteiger partial charge is 0.489 e. The topological polar surface area (TPSA) is 21.3 Å². The third-order valence-corrected chi connectivity index (χ3v) is 3.56. The van der Waals surface area contributed by atoms with Gasteiger partial charge in [0.25, 0.3) is 0 Å². The van der Waals surface area contributed by atoms with Crippen LogP contribution in [0.25, 0.3) is 0 Å². The molecule has 0 amide bonds. The quantitative estimate of drug-likeness (QED) is 0.816. The molecule has 1 N–H and O–H groups in total. The number of halogens is 2. The molecule has 0 saturated carbocycles. The number of benzene rings is 2. The molecule has 0 aliphatic carbocycles. The Morgan fingerprint density at radius 3 is 2.52 bits per heavy atom. The molecule has 0 atom stereocenters. The number of ether oxygens (including phenoxy) is 1. The lowest BCUT2D eigenvalue weighted by Crippen LogP contribution is -2.21. The third-order valence-electron chi connectivity index (χ3n) is 3.03. The van der Waals surface area contributed by atoms with Crippen LogP contribution in [0.1, 0.15) is 25.0 Å². The first-order chi connectivity index (χ1) is 10.0. The average Bonchev–Trinajstić information content (AvgIpc) is 2.46. The second kappa shape index (κ2) is 7.57. The second-order valence-electron chi connectivity index (χ2n) is 5.20. The Hall–Kier alpha value is -1.39. The first-order valence-corrected chi connectivity index (χ1v) is 7.73. The smallest absolute Gasteiger partial charge is 0.129 e. The lowest BCUT2D eigenvalue weighted by Gasteiger charge is -2.11. The van der Waals surface area contributed by atoms with Gasteiger partial charge in [-0.25, -0.2) is 4.39 Å². The molecular formula is C17H19BrFNO. The van der Waals surface area contributed by atoms with Crippen LogP contribution in [0.2, 0.25) is 0 Å². The van der Waals surface area contributed by atoms with Crippen LogP contribution in [0.5, 0.6) is 5.75 Å². The Bertz CT molecular complexity index is 584. The summed E-state index contributed by atoms with van der Waals surface area (Å²) in [4.78, 5) is 0. The van der Waals surface area contributed by atoms with Crippen molar-refractivity contribution in [3.05, 3.63) is 63.9 Å². The van der Waals surface area contributed by atoms with E-state index in [1.165, 1.54) is 6.07 Å². The molecule has 0 spiro atoms. The SMILES string of the molecule is CC(C)NCc1ccc(F)c(COc2ccc(Br)cc2)c1. The molecule has 0 aliphatic rings. The van der Waals surface area contributed by atoms with E-state index >= 15 is 0 Å². The summed E-state index contributed by atoms with van der Waals surface area (Å²) in [6, 6.07) is 13.0. The highest BCUT2D eigenvalue weighted by Crippen LogP contribution is 2.19. The molecule has 2 aromatic rings. The Balaban J connectivity index is 2.01. The Morgan fingerprint density at radius 2 is 1.86 bits per heavy atom. The van der Waals surface area contributed by atoms with Gasteiger partial charge >= 0.3 is 0 Å². The van der Waals surface area contributed by atoms with E-state index in [0.29, 0.717) is 11.6 Å². The van der Waals surface area contributed by atoms with Gasteiger partial charge in [0.2, 0.25) is 0 Å². The summed E-state index contributed by atoms with van der Waals surface area (Å²) in [6.07, 6.45) is 0. The number of hydrogen-bond donors (Lipinski definition) is 1. The van der Waals surface area contributed by atoms with Crippen LogP contribution in [0, 0.1) is 5.82 Å². The van der Waals surface area contributed by atoms with Crippen molar-refractivity contribution < 1.29 is 9.13 Å². The minimum Gasteiger partial charge on any atom is -0.489 e.